The predicted molar refractivity (Wildman–Crippen MR) is 53.3 cm³/mol. The lowest BCUT2D eigenvalue weighted by molar-refractivity contribution is -0.121. The first kappa shape index (κ1) is 11.6. The van der Waals surface area contributed by atoms with Crippen molar-refractivity contribution in [1.29, 1.82) is 0 Å². The summed E-state index contributed by atoms with van der Waals surface area (Å²) in [4.78, 5) is 13.3. The Kier molecular flexibility index (Phi) is 4.04. The third kappa shape index (κ3) is 2.32. The minimum Gasteiger partial charge on any atom is -0.377 e. The van der Waals surface area contributed by atoms with Crippen LogP contribution in [0.15, 0.2) is 0 Å². The van der Waals surface area contributed by atoms with E-state index in [9.17, 15) is 4.79 Å². The van der Waals surface area contributed by atoms with Crippen LogP contribution in [-0.4, -0.2) is 56.2 Å². The van der Waals surface area contributed by atoms with Crippen molar-refractivity contribution in [1.82, 2.24) is 4.90 Å². The molecule has 0 N–H and O–H groups in total. The summed E-state index contributed by atoms with van der Waals surface area (Å²) >= 11 is 0. The molecule has 0 saturated carbocycles. The third-order valence-electron chi connectivity index (χ3n) is 2.99. The van der Waals surface area contributed by atoms with Gasteiger partial charge in [0.15, 0.2) is 0 Å². The number of carbonyl (C=O) groups excluding carboxylic acids is 1. The van der Waals surface area contributed by atoms with Gasteiger partial charge >= 0.3 is 0 Å². The van der Waals surface area contributed by atoms with Crippen molar-refractivity contribution in [2.45, 2.75) is 32.1 Å². The number of ketones is 1. The van der Waals surface area contributed by atoms with Gasteiger partial charge in [-0.25, -0.2) is 0 Å². The maximum absolute atomic E-state index is 11.2. The van der Waals surface area contributed by atoms with Crippen molar-refractivity contribution in [3.8, 4) is 0 Å². The highest BCUT2D eigenvalue weighted by Gasteiger charge is 2.36. The zero-order valence-electron chi connectivity index (χ0n) is 9.32. The first-order valence-electron chi connectivity index (χ1n) is 4.90. The Hall–Kier alpha value is -0.450. The fourth-order valence-electron chi connectivity index (χ4n) is 1.80. The molecule has 0 radical (unpaired) electrons. The molecule has 0 aromatic heterocycles. The maximum Gasteiger partial charge on any atom is 0.146 e. The maximum atomic E-state index is 11.2. The monoisotopic (exact) mass is 201 g/mol. The highest BCUT2D eigenvalue weighted by Crippen LogP contribution is 2.18. The van der Waals surface area contributed by atoms with Gasteiger partial charge in [-0.15, -0.1) is 0 Å². The molecule has 4 nitrogen and oxygen atoms in total. The van der Waals surface area contributed by atoms with Crippen LogP contribution in [0, 0.1) is 0 Å². The second-order valence-electron chi connectivity index (χ2n) is 3.79. The van der Waals surface area contributed by atoms with Crippen molar-refractivity contribution < 1.29 is 14.3 Å². The average Bonchev–Trinajstić information content (AvgIpc) is 2.59. The van der Waals surface area contributed by atoms with Gasteiger partial charge in [0, 0.05) is 27.3 Å². The molecule has 14 heavy (non-hydrogen) atoms. The second kappa shape index (κ2) is 4.87. The number of methoxy groups -OCH3 is 2. The van der Waals surface area contributed by atoms with Gasteiger partial charge in [-0.05, 0) is 13.8 Å². The number of ether oxygens (including phenoxy) is 2. The second-order valence-corrected chi connectivity index (χ2v) is 3.79. The molecule has 0 amide bonds. The Balaban J connectivity index is 2.56. The lowest BCUT2D eigenvalue weighted by Gasteiger charge is -2.20. The summed E-state index contributed by atoms with van der Waals surface area (Å²) < 4.78 is 10.6. The highest BCUT2D eigenvalue weighted by atomic mass is 16.5. The van der Waals surface area contributed by atoms with Crippen LogP contribution in [0.4, 0.5) is 0 Å². The molecule has 82 valence electrons. The van der Waals surface area contributed by atoms with E-state index in [0.717, 1.165) is 13.1 Å². The molecule has 1 heterocycles. The van der Waals surface area contributed by atoms with E-state index in [2.05, 4.69) is 4.90 Å². The Bertz CT molecular complexity index is 196. The lowest BCUT2D eigenvalue weighted by Crippen LogP contribution is -2.37. The van der Waals surface area contributed by atoms with E-state index in [4.69, 9.17) is 9.47 Å². The normalized spacial score (nSPS) is 30.6. The number of Topliss-reactive ketones (excluding diaryl/α,β-unsaturated/α-hetero) is 1. The number of carbonyl (C=O) groups is 1. The highest BCUT2D eigenvalue weighted by molar-refractivity contribution is 5.81. The topological polar surface area (TPSA) is 38.8 Å². The van der Waals surface area contributed by atoms with E-state index in [1.807, 2.05) is 6.92 Å². The van der Waals surface area contributed by atoms with Crippen LogP contribution in [0.5, 0.6) is 0 Å². The van der Waals surface area contributed by atoms with Crippen LogP contribution in [-0.2, 0) is 14.3 Å². The summed E-state index contributed by atoms with van der Waals surface area (Å²) in [5.41, 5.74) is 0. The number of rotatable bonds is 4. The van der Waals surface area contributed by atoms with Crippen LogP contribution >= 0.6 is 0 Å². The van der Waals surface area contributed by atoms with E-state index in [0.29, 0.717) is 0 Å². The fourth-order valence-corrected chi connectivity index (χ4v) is 1.80. The first-order chi connectivity index (χ1) is 6.60. The summed E-state index contributed by atoms with van der Waals surface area (Å²) in [5.74, 6) is 0.191. The van der Waals surface area contributed by atoms with E-state index >= 15 is 0 Å². The zero-order valence-corrected chi connectivity index (χ0v) is 9.32. The van der Waals surface area contributed by atoms with Crippen LogP contribution in [0.1, 0.15) is 13.8 Å². The van der Waals surface area contributed by atoms with Gasteiger partial charge in [-0.2, -0.15) is 0 Å². The Morgan fingerprint density at radius 1 is 1.29 bits per heavy atom. The van der Waals surface area contributed by atoms with Crippen LogP contribution in [0.2, 0.25) is 0 Å². The van der Waals surface area contributed by atoms with E-state index < -0.39 is 0 Å². The molecule has 1 saturated heterocycles. The summed E-state index contributed by atoms with van der Waals surface area (Å²) in [5, 5.41) is 0. The lowest BCUT2D eigenvalue weighted by atomic mass is 10.2. The first-order valence-corrected chi connectivity index (χ1v) is 4.90. The SMILES string of the molecule is COC1CN(C(C)C(C)=O)CC1OC. The molecule has 1 rings (SSSR count). The average molecular weight is 201 g/mol. The van der Waals surface area contributed by atoms with Crippen LogP contribution in [0.25, 0.3) is 0 Å². The Morgan fingerprint density at radius 3 is 2.00 bits per heavy atom. The summed E-state index contributed by atoms with van der Waals surface area (Å²) in [6, 6.07) is -0.0344. The van der Waals surface area contributed by atoms with E-state index in [-0.39, 0.29) is 24.0 Å². The molecule has 1 aliphatic rings. The molecular weight excluding hydrogens is 182 g/mol. The van der Waals surface area contributed by atoms with Crippen molar-refractivity contribution in [3.63, 3.8) is 0 Å². The quantitative estimate of drug-likeness (QED) is 0.656. The number of hydrogen-bond donors (Lipinski definition) is 0. The fraction of sp³-hybridized carbons (Fsp3) is 0.900. The molecule has 1 fully saturated rings. The molecule has 0 spiro atoms. The largest absolute Gasteiger partial charge is 0.377 e. The summed E-state index contributed by atoms with van der Waals surface area (Å²) in [6.07, 6.45) is 0.170. The summed E-state index contributed by atoms with van der Waals surface area (Å²) in [7, 11) is 3.36. The van der Waals surface area contributed by atoms with Crippen molar-refractivity contribution >= 4 is 5.78 Å². The molecule has 0 aromatic carbocycles. The van der Waals surface area contributed by atoms with Crippen LogP contribution < -0.4 is 0 Å². The van der Waals surface area contributed by atoms with E-state index in [1.54, 1.807) is 21.1 Å². The van der Waals surface area contributed by atoms with Gasteiger partial charge in [0.1, 0.15) is 5.78 Å². The summed E-state index contributed by atoms with van der Waals surface area (Å²) in [6.45, 7) is 5.09. The van der Waals surface area contributed by atoms with Gasteiger partial charge in [0.05, 0.1) is 18.2 Å². The molecule has 0 bridgehead atoms. The van der Waals surface area contributed by atoms with E-state index in [1.165, 1.54) is 0 Å². The van der Waals surface area contributed by atoms with Crippen molar-refractivity contribution in [3.05, 3.63) is 0 Å². The molecule has 0 aromatic rings. The third-order valence-corrected chi connectivity index (χ3v) is 2.99. The Morgan fingerprint density at radius 2 is 1.71 bits per heavy atom. The van der Waals surface area contributed by atoms with Crippen LogP contribution in [0.3, 0.4) is 0 Å². The molecule has 3 unspecified atom stereocenters. The van der Waals surface area contributed by atoms with Crippen molar-refractivity contribution in [2.75, 3.05) is 27.3 Å². The van der Waals surface area contributed by atoms with Gasteiger partial charge < -0.3 is 9.47 Å². The smallest absolute Gasteiger partial charge is 0.146 e. The zero-order chi connectivity index (χ0) is 10.7. The molecular formula is C10H19NO3. The Labute approximate surface area is 85.2 Å². The molecule has 3 atom stereocenters. The molecule has 1 aliphatic heterocycles. The van der Waals surface area contributed by atoms with Crippen molar-refractivity contribution in [2.24, 2.45) is 0 Å². The number of nitrogens with zero attached hydrogens (tertiary/aromatic N) is 1. The molecule has 4 heteroatoms. The minimum absolute atomic E-state index is 0.0344. The number of likely N-dealkylation sites (tertiary alicyclic amines) is 1. The number of hydrogen-bond acceptors (Lipinski definition) is 4. The minimum atomic E-state index is -0.0344. The predicted octanol–water partition coefficient (Wildman–Crippen LogP) is 0.310. The van der Waals surface area contributed by atoms with Gasteiger partial charge in [-0.1, -0.05) is 0 Å². The van der Waals surface area contributed by atoms with Gasteiger partial charge in [-0.3, -0.25) is 9.69 Å². The molecule has 0 aliphatic carbocycles. The van der Waals surface area contributed by atoms with Gasteiger partial charge in [0.25, 0.3) is 0 Å². The van der Waals surface area contributed by atoms with Gasteiger partial charge in [0.2, 0.25) is 0 Å². The standard InChI is InChI=1S/C10H19NO3/c1-7(8(2)12)11-5-9(13-3)10(6-11)14-4/h7,9-10H,5-6H2,1-4H3.